The van der Waals surface area contributed by atoms with Crippen LogP contribution in [0.3, 0.4) is 0 Å². The fraction of sp³-hybridized carbons (Fsp3) is 0.400. The molecule has 0 unspecified atom stereocenters. The van der Waals surface area contributed by atoms with E-state index in [0.717, 1.165) is 0 Å². The molecule has 0 aliphatic rings. The van der Waals surface area contributed by atoms with Gasteiger partial charge in [-0.05, 0) is 19.0 Å². The number of nitrogens with zero attached hydrogens (tertiary/aromatic N) is 1. The highest BCUT2D eigenvalue weighted by molar-refractivity contribution is 5.23. The van der Waals surface area contributed by atoms with Crippen molar-refractivity contribution in [1.29, 1.82) is 0 Å². The van der Waals surface area contributed by atoms with E-state index in [0.29, 0.717) is 11.3 Å². The van der Waals surface area contributed by atoms with Crippen molar-refractivity contribution in [3.8, 4) is 5.88 Å². The molecular weight excluding hydrogens is 106 g/mol. The first-order valence-electron chi connectivity index (χ1n) is 2.31. The second-order valence-corrected chi connectivity index (χ2v) is 1.67. The molecule has 0 N–H and O–H groups in total. The monoisotopic (exact) mass is 112 g/mol. The molecule has 0 fully saturated rings. The minimum absolute atomic E-state index is 0.262. The Morgan fingerprint density at radius 2 is 2.12 bits per heavy atom. The van der Waals surface area contributed by atoms with Crippen molar-refractivity contribution in [2.75, 3.05) is 0 Å². The molecule has 1 rings (SSSR count). The molecule has 3 heteroatoms. The number of hydrogen-bond acceptors (Lipinski definition) is 2. The summed E-state index contributed by atoms with van der Waals surface area (Å²) in [6.07, 6.45) is 0. The van der Waals surface area contributed by atoms with Crippen molar-refractivity contribution in [3.63, 3.8) is 0 Å². The lowest BCUT2D eigenvalue weighted by atomic mass is 10.3. The van der Waals surface area contributed by atoms with E-state index < -0.39 is 0 Å². The summed E-state index contributed by atoms with van der Waals surface area (Å²) < 4.78 is 4.53. The molecule has 0 amide bonds. The van der Waals surface area contributed by atoms with E-state index in [1.807, 2.05) is 0 Å². The van der Waals surface area contributed by atoms with E-state index in [4.69, 9.17) is 0 Å². The van der Waals surface area contributed by atoms with Crippen molar-refractivity contribution in [1.82, 2.24) is 5.16 Å². The van der Waals surface area contributed by atoms with Crippen LogP contribution in [0.25, 0.3) is 0 Å². The summed E-state index contributed by atoms with van der Waals surface area (Å²) in [7, 11) is 0. The third-order valence-corrected chi connectivity index (χ3v) is 1.11. The van der Waals surface area contributed by atoms with Crippen molar-refractivity contribution < 1.29 is 9.63 Å². The SMILES string of the molecule is Cc1onc([O])c1C. The van der Waals surface area contributed by atoms with Crippen LogP contribution in [0.4, 0.5) is 0 Å². The van der Waals surface area contributed by atoms with Gasteiger partial charge >= 0.3 is 5.88 Å². The van der Waals surface area contributed by atoms with E-state index in [1.165, 1.54) is 0 Å². The minimum atomic E-state index is -0.262. The van der Waals surface area contributed by atoms with Gasteiger partial charge in [0.25, 0.3) is 0 Å². The third-order valence-electron chi connectivity index (χ3n) is 1.11. The summed E-state index contributed by atoms with van der Waals surface area (Å²) in [5, 5.41) is 13.6. The van der Waals surface area contributed by atoms with Crippen molar-refractivity contribution in [3.05, 3.63) is 11.3 Å². The molecule has 1 radical (unpaired) electrons. The Hall–Kier alpha value is -0.990. The van der Waals surface area contributed by atoms with Crippen LogP contribution < -0.4 is 0 Å². The van der Waals surface area contributed by atoms with Gasteiger partial charge in [-0.1, -0.05) is 0 Å². The topological polar surface area (TPSA) is 45.9 Å². The Balaban J connectivity index is 3.19. The normalized spacial score (nSPS) is 9.75. The predicted octanol–water partition coefficient (Wildman–Crippen LogP) is 1.44. The maximum absolute atomic E-state index is 10.4. The van der Waals surface area contributed by atoms with Crippen molar-refractivity contribution in [2.24, 2.45) is 0 Å². The fourth-order valence-corrected chi connectivity index (χ4v) is 0.397. The summed E-state index contributed by atoms with van der Waals surface area (Å²) in [4.78, 5) is 0. The van der Waals surface area contributed by atoms with Crippen LogP contribution in [0.1, 0.15) is 11.3 Å². The van der Waals surface area contributed by atoms with Gasteiger partial charge in [-0.15, -0.1) is 0 Å². The van der Waals surface area contributed by atoms with Crippen LogP contribution >= 0.6 is 0 Å². The average Bonchev–Trinajstić information content (AvgIpc) is 1.98. The lowest BCUT2D eigenvalue weighted by Gasteiger charge is -1.76. The highest BCUT2D eigenvalue weighted by Crippen LogP contribution is 2.16. The summed E-state index contributed by atoms with van der Waals surface area (Å²) in [5.74, 6) is 0.345. The van der Waals surface area contributed by atoms with Crippen LogP contribution in [0, 0.1) is 13.8 Å². The van der Waals surface area contributed by atoms with Crippen LogP contribution in [-0.2, 0) is 5.11 Å². The summed E-state index contributed by atoms with van der Waals surface area (Å²) in [5.41, 5.74) is 0.602. The Morgan fingerprint density at radius 1 is 1.50 bits per heavy atom. The average molecular weight is 112 g/mol. The molecule has 0 saturated heterocycles. The first kappa shape index (κ1) is 5.15. The van der Waals surface area contributed by atoms with Crippen LogP contribution in [0.5, 0.6) is 5.88 Å². The quantitative estimate of drug-likeness (QED) is 0.509. The maximum Gasteiger partial charge on any atom is 0.311 e. The van der Waals surface area contributed by atoms with Crippen LogP contribution in [0.2, 0.25) is 0 Å². The standard InChI is InChI=1S/C5H6NO2/c1-3-4(2)8-6-5(3)7/h1-2H3. The molecule has 0 spiro atoms. The zero-order valence-electron chi connectivity index (χ0n) is 4.76. The summed E-state index contributed by atoms with van der Waals surface area (Å²) >= 11 is 0. The summed E-state index contributed by atoms with van der Waals surface area (Å²) in [6.45, 7) is 3.40. The lowest BCUT2D eigenvalue weighted by Crippen LogP contribution is -1.66. The Bertz CT molecular complexity index is 173. The van der Waals surface area contributed by atoms with Crippen molar-refractivity contribution >= 4 is 0 Å². The molecule has 3 nitrogen and oxygen atoms in total. The highest BCUT2D eigenvalue weighted by Gasteiger charge is 2.05. The first-order valence-corrected chi connectivity index (χ1v) is 2.31. The molecule has 0 aromatic carbocycles. The van der Waals surface area contributed by atoms with Crippen LogP contribution in [0.15, 0.2) is 4.52 Å². The molecule has 0 bridgehead atoms. The van der Waals surface area contributed by atoms with E-state index in [2.05, 4.69) is 9.68 Å². The molecule has 8 heavy (non-hydrogen) atoms. The number of hydrogen-bond donors (Lipinski definition) is 0. The molecule has 1 aromatic heterocycles. The van der Waals surface area contributed by atoms with E-state index >= 15 is 0 Å². The second kappa shape index (κ2) is 1.51. The molecule has 0 aliphatic heterocycles. The maximum atomic E-state index is 10.4. The van der Waals surface area contributed by atoms with Gasteiger partial charge in [-0.25, -0.2) is 0 Å². The number of aromatic nitrogens is 1. The molecule has 1 aromatic rings. The lowest BCUT2D eigenvalue weighted by molar-refractivity contribution is 0.291. The number of aryl methyl sites for hydroxylation is 1. The minimum Gasteiger partial charge on any atom is -0.358 e. The van der Waals surface area contributed by atoms with Crippen molar-refractivity contribution in [2.45, 2.75) is 13.8 Å². The predicted molar refractivity (Wildman–Crippen MR) is 26.1 cm³/mol. The molecule has 1 heterocycles. The zero-order chi connectivity index (χ0) is 6.15. The van der Waals surface area contributed by atoms with E-state index in [1.54, 1.807) is 13.8 Å². The third kappa shape index (κ3) is 0.559. The van der Waals surface area contributed by atoms with E-state index in [9.17, 15) is 5.11 Å². The van der Waals surface area contributed by atoms with Gasteiger partial charge in [0.2, 0.25) is 0 Å². The summed E-state index contributed by atoms with van der Waals surface area (Å²) in [6, 6.07) is 0. The van der Waals surface area contributed by atoms with Gasteiger partial charge in [0.15, 0.2) is 0 Å². The Morgan fingerprint density at radius 3 is 2.25 bits per heavy atom. The largest absolute Gasteiger partial charge is 0.358 e. The van der Waals surface area contributed by atoms with Gasteiger partial charge in [0.05, 0.1) is 5.56 Å². The zero-order valence-corrected chi connectivity index (χ0v) is 4.76. The van der Waals surface area contributed by atoms with E-state index in [-0.39, 0.29) is 5.88 Å². The Kier molecular flexibility index (Phi) is 0.970. The second-order valence-electron chi connectivity index (χ2n) is 1.67. The van der Waals surface area contributed by atoms with Crippen LogP contribution in [-0.4, -0.2) is 5.16 Å². The van der Waals surface area contributed by atoms with Gasteiger partial charge in [0.1, 0.15) is 5.76 Å². The smallest absolute Gasteiger partial charge is 0.311 e. The first-order chi connectivity index (χ1) is 3.72. The molecular formula is C5H6NO2. The fourth-order valence-electron chi connectivity index (χ4n) is 0.397. The molecule has 43 valence electrons. The van der Waals surface area contributed by atoms with Gasteiger partial charge in [-0.3, -0.25) is 5.11 Å². The molecule has 0 saturated carbocycles. The molecule has 0 atom stereocenters. The van der Waals surface area contributed by atoms with Gasteiger partial charge in [-0.2, -0.15) is 0 Å². The highest BCUT2D eigenvalue weighted by atomic mass is 16.5. The van der Waals surface area contributed by atoms with Gasteiger partial charge in [0, 0.05) is 0 Å². The molecule has 0 aliphatic carbocycles. The Labute approximate surface area is 46.9 Å². The van der Waals surface area contributed by atoms with Gasteiger partial charge < -0.3 is 4.52 Å². The number of rotatable bonds is 0.